The topological polar surface area (TPSA) is 106 Å². The first-order chi connectivity index (χ1) is 14.0. The minimum absolute atomic E-state index is 0.175. The molecule has 1 saturated heterocycles. The number of hydrogen-bond donors (Lipinski definition) is 1. The minimum atomic E-state index is -0.749. The van der Waals surface area contributed by atoms with Crippen molar-refractivity contribution in [2.75, 3.05) is 11.4 Å². The Labute approximate surface area is 165 Å². The lowest BCUT2D eigenvalue weighted by atomic mass is 10.1. The fourth-order valence-corrected chi connectivity index (χ4v) is 3.14. The summed E-state index contributed by atoms with van der Waals surface area (Å²) >= 11 is 0. The number of rotatable bonds is 5. The molecule has 10 heteroatoms. The molecule has 1 aromatic carbocycles. The van der Waals surface area contributed by atoms with Gasteiger partial charge in [0.15, 0.2) is 0 Å². The molecule has 29 heavy (non-hydrogen) atoms. The SMILES string of the molecule is CCC(O)C1CN(c2ccc(-c3ccc(-c4nnn(C)n4)nc3)c(F)c2)C(=O)O1. The molecule has 1 aliphatic heterocycles. The molecule has 2 aromatic heterocycles. The third kappa shape index (κ3) is 3.66. The first-order valence-corrected chi connectivity index (χ1v) is 9.13. The van der Waals surface area contributed by atoms with Crippen molar-refractivity contribution in [2.24, 2.45) is 7.05 Å². The lowest BCUT2D eigenvalue weighted by molar-refractivity contribution is 0.0308. The van der Waals surface area contributed by atoms with Crippen LogP contribution in [0.5, 0.6) is 0 Å². The standard InChI is InChI=1S/C19H19FN6O3/c1-3-16(27)17-10-26(19(28)29-17)12-5-6-13(14(20)8-12)11-4-7-15(21-9-11)18-22-24-25(2)23-18/h4-9,16-17,27H,3,10H2,1-2H3. The second-order valence-corrected chi connectivity index (χ2v) is 6.71. The zero-order valence-corrected chi connectivity index (χ0v) is 15.9. The Balaban J connectivity index is 1.55. The monoisotopic (exact) mass is 398 g/mol. The molecular weight excluding hydrogens is 379 g/mol. The summed E-state index contributed by atoms with van der Waals surface area (Å²) in [5, 5.41) is 21.6. The summed E-state index contributed by atoms with van der Waals surface area (Å²) in [5.74, 6) is -0.117. The fraction of sp³-hybridized carbons (Fsp3) is 0.316. The van der Waals surface area contributed by atoms with Crippen LogP contribution in [0.1, 0.15) is 13.3 Å². The highest BCUT2D eigenvalue weighted by atomic mass is 19.1. The molecule has 4 rings (SSSR count). The van der Waals surface area contributed by atoms with Crippen molar-refractivity contribution in [2.45, 2.75) is 25.6 Å². The van der Waals surface area contributed by atoms with E-state index in [1.54, 1.807) is 38.2 Å². The Hall–Kier alpha value is -3.40. The number of halogens is 1. The number of tetrazole rings is 1. The second-order valence-electron chi connectivity index (χ2n) is 6.71. The van der Waals surface area contributed by atoms with E-state index in [2.05, 4.69) is 20.4 Å². The van der Waals surface area contributed by atoms with Gasteiger partial charge in [0.25, 0.3) is 0 Å². The number of cyclic esters (lactones) is 1. The van der Waals surface area contributed by atoms with E-state index in [1.165, 1.54) is 22.0 Å². The third-order valence-electron chi connectivity index (χ3n) is 4.76. The predicted octanol–water partition coefficient (Wildman–Crippen LogP) is 2.17. The van der Waals surface area contributed by atoms with E-state index in [0.717, 1.165) is 0 Å². The van der Waals surface area contributed by atoms with Crippen LogP contribution in [-0.4, -0.2) is 55.1 Å². The molecule has 1 aliphatic rings. The number of pyridine rings is 1. The zero-order chi connectivity index (χ0) is 20.5. The molecular formula is C19H19FN6O3. The number of hydrogen-bond acceptors (Lipinski definition) is 7. The smallest absolute Gasteiger partial charge is 0.414 e. The van der Waals surface area contributed by atoms with Gasteiger partial charge in [-0.25, -0.2) is 9.18 Å². The Morgan fingerprint density at radius 1 is 1.34 bits per heavy atom. The number of aliphatic hydroxyl groups excluding tert-OH is 1. The number of aryl methyl sites for hydroxylation is 1. The van der Waals surface area contributed by atoms with Gasteiger partial charge < -0.3 is 9.84 Å². The van der Waals surface area contributed by atoms with E-state index >= 15 is 0 Å². The van der Waals surface area contributed by atoms with Crippen LogP contribution in [0.2, 0.25) is 0 Å². The highest BCUT2D eigenvalue weighted by molar-refractivity contribution is 5.90. The molecule has 0 bridgehead atoms. The Kier molecular flexibility index (Phi) is 4.93. The Morgan fingerprint density at radius 2 is 2.17 bits per heavy atom. The highest BCUT2D eigenvalue weighted by Crippen LogP contribution is 2.30. The van der Waals surface area contributed by atoms with Crippen LogP contribution in [0.25, 0.3) is 22.6 Å². The summed E-state index contributed by atoms with van der Waals surface area (Å²) in [6.45, 7) is 1.98. The summed E-state index contributed by atoms with van der Waals surface area (Å²) in [6, 6.07) is 7.90. The van der Waals surface area contributed by atoms with Gasteiger partial charge >= 0.3 is 6.09 Å². The molecule has 150 valence electrons. The molecule has 0 spiro atoms. The third-order valence-corrected chi connectivity index (χ3v) is 4.76. The van der Waals surface area contributed by atoms with Crippen LogP contribution in [0.15, 0.2) is 36.5 Å². The van der Waals surface area contributed by atoms with Crippen LogP contribution >= 0.6 is 0 Å². The minimum Gasteiger partial charge on any atom is -0.441 e. The maximum atomic E-state index is 14.8. The maximum Gasteiger partial charge on any atom is 0.414 e. The quantitative estimate of drug-likeness (QED) is 0.702. The average Bonchev–Trinajstić information content (AvgIpc) is 3.33. The Morgan fingerprint density at radius 3 is 2.79 bits per heavy atom. The van der Waals surface area contributed by atoms with Crippen LogP contribution in [-0.2, 0) is 11.8 Å². The molecule has 1 amide bonds. The normalized spacial score (nSPS) is 17.4. The molecule has 1 fully saturated rings. The number of anilines is 1. The average molecular weight is 398 g/mol. The number of aromatic nitrogens is 5. The molecule has 0 saturated carbocycles. The van der Waals surface area contributed by atoms with E-state index in [-0.39, 0.29) is 6.54 Å². The van der Waals surface area contributed by atoms with Crippen LogP contribution < -0.4 is 4.90 Å². The molecule has 2 unspecified atom stereocenters. The van der Waals surface area contributed by atoms with Gasteiger partial charge in [-0.05, 0) is 35.9 Å². The van der Waals surface area contributed by atoms with Gasteiger partial charge in [0.05, 0.1) is 25.4 Å². The van der Waals surface area contributed by atoms with E-state index in [4.69, 9.17) is 4.74 Å². The van der Waals surface area contributed by atoms with Crippen LogP contribution in [0.4, 0.5) is 14.9 Å². The molecule has 3 aromatic rings. The summed E-state index contributed by atoms with van der Waals surface area (Å²) in [6.07, 6.45) is 0.0218. The van der Waals surface area contributed by atoms with Crippen LogP contribution in [0, 0.1) is 5.82 Å². The Bertz CT molecular complexity index is 1040. The van der Waals surface area contributed by atoms with Gasteiger partial charge in [-0.3, -0.25) is 9.88 Å². The summed E-state index contributed by atoms with van der Waals surface area (Å²) < 4.78 is 19.9. The van der Waals surface area contributed by atoms with E-state index in [0.29, 0.717) is 34.8 Å². The molecule has 0 radical (unpaired) electrons. The number of aliphatic hydroxyl groups is 1. The van der Waals surface area contributed by atoms with E-state index in [9.17, 15) is 14.3 Å². The first-order valence-electron chi connectivity index (χ1n) is 9.13. The van der Waals surface area contributed by atoms with Gasteiger partial charge in [-0.2, -0.15) is 4.80 Å². The largest absolute Gasteiger partial charge is 0.441 e. The first kappa shape index (κ1) is 18.9. The van der Waals surface area contributed by atoms with E-state index in [1.807, 2.05) is 0 Å². The molecule has 3 heterocycles. The summed E-state index contributed by atoms with van der Waals surface area (Å²) in [5.41, 5.74) is 1.82. The molecule has 0 aliphatic carbocycles. The molecule has 1 N–H and O–H groups in total. The van der Waals surface area contributed by atoms with E-state index < -0.39 is 24.1 Å². The lowest BCUT2D eigenvalue weighted by Crippen LogP contribution is -2.30. The molecule has 9 nitrogen and oxygen atoms in total. The fourth-order valence-electron chi connectivity index (χ4n) is 3.14. The number of nitrogens with zero attached hydrogens (tertiary/aromatic N) is 6. The van der Waals surface area contributed by atoms with Gasteiger partial charge in [0.1, 0.15) is 17.6 Å². The number of amides is 1. The highest BCUT2D eigenvalue weighted by Gasteiger charge is 2.36. The second kappa shape index (κ2) is 7.55. The van der Waals surface area contributed by atoms with Crippen molar-refractivity contribution in [1.82, 2.24) is 25.2 Å². The maximum absolute atomic E-state index is 14.8. The van der Waals surface area contributed by atoms with Crippen molar-refractivity contribution < 1.29 is 19.0 Å². The van der Waals surface area contributed by atoms with Gasteiger partial charge in [-0.1, -0.05) is 13.0 Å². The summed E-state index contributed by atoms with van der Waals surface area (Å²) in [7, 11) is 1.66. The van der Waals surface area contributed by atoms with Crippen molar-refractivity contribution in [3.05, 3.63) is 42.3 Å². The number of carbonyl (C=O) groups is 1. The predicted molar refractivity (Wildman–Crippen MR) is 101 cm³/mol. The van der Waals surface area contributed by atoms with Crippen molar-refractivity contribution in [3.8, 4) is 22.6 Å². The van der Waals surface area contributed by atoms with Crippen molar-refractivity contribution in [1.29, 1.82) is 0 Å². The van der Waals surface area contributed by atoms with Gasteiger partial charge in [0, 0.05) is 17.3 Å². The summed E-state index contributed by atoms with van der Waals surface area (Å²) in [4.78, 5) is 19.0. The van der Waals surface area contributed by atoms with Crippen molar-refractivity contribution in [3.63, 3.8) is 0 Å². The lowest BCUT2D eigenvalue weighted by Gasteiger charge is -2.16. The zero-order valence-electron chi connectivity index (χ0n) is 15.9. The van der Waals surface area contributed by atoms with Crippen molar-refractivity contribution >= 4 is 11.8 Å². The van der Waals surface area contributed by atoms with Crippen LogP contribution in [0.3, 0.4) is 0 Å². The number of benzene rings is 1. The number of carbonyl (C=O) groups excluding carboxylic acids is 1. The van der Waals surface area contributed by atoms with Gasteiger partial charge in [0.2, 0.25) is 5.82 Å². The van der Waals surface area contributed by atoms with Gasteiger partial charge in [-0.15, -0.1) is 10.2 Å². The number of ether oxygens (including phenoxy) is 1. The molecule has 2 atom stereocenters.